The predicted octanol–water partition coefficient (Wildman–Crippen LogP) is 2.37. The minimum absolute atomic E-state index is 0.314. The van der Waals surface area contributed by atoms with Crippen molar-refractivity contribution in [2.45, 2.75) is 38.8 Å². The Balaban J connectivity index is 2.71. The summed E-state index contributed by atoms with van der Waals surface area (Å²) < 4.78 is 6.01. The van der Waals surface area contributed by atoms with Gasteiger partial charge in [0.15, 0.2) is 0 Å². The standard InChI is InChI=1S/C14H19BrN2O3/c1-14(2,3)20-13(19)17-11(12(16)18)8-9-5-4-6-10(15)7-9/h4-7,11H,8H2,1-3H3,(H2,16,18)(H,17,19)/t11-/m1/s1. The summed E-state index contributed by atoms with van der Waals surface area (Å²) in [7, 11) is 0. The minimum Gasteiger partial charge on any atom is -0.444 e. The Bertz CT molecular complexity index is 497. The first-order chi connectivity index (χ1) is 9.17. The SMILES string of the molecule is CC(C)(C)OC(=O)N[C@H](Cc1cccc(Br)c1)C(N)=O. The van der Waals surface area contributed by atoms with Crippen LogP contribution in [0.1, 0.15) is 26.3 Å². The van der Waals surface area contributed by atoms with Crippen molar-refractivity contribution < 1.29 is 14.3 Å². The molecule has 0 saturated heterocycles. The van der Waals surface area contributed by atoms with E-state index in [-0.39, 0.29) is 0 Å². The number of nitrogens with one attached hydrogen (secondary N) is 1. The third kappa shape index (κ3) is 6.06. The van der Waals surface area contributed by atoms with Gasteiger partial charge < -0.3 is 15.8 Å². The zero-order valence-corrected chi connectivity index (χ0v) is 13.4. The fourth-order valence-electron chi connectivity index (χ4n) is 1.57. The molecule has 1 aromatic carbocycles. The molecule has 0 heterocycles. The molecule has 20 heavy (non-hydrogen) atoms. The zero-order valence-electron chi connectivity index (χ0n) is 11.8. The molecule has 0 unspecified atom stereocenters. The molecular formula is C14H19BrN2O3. The average molecular weight is 343 g/mol. The van der Waals surface area contributed by atoms with Crippen LogP contribution in [0.25, 0.3) is 0 Å². The topological polar surface area (TPSA) is 81.4 Å². The molecule has 1 rings (SSSR count). The Morgan fingerprint density at radius 3 is 2.55 bits per heavy atom. The maximum atomic E-state index is 11.7. The van der Waals surface area contributed by atoms with E-state index in [4.69, 9.17) is 10.5 Å². The van der Waals surface area contributed by atoms with E-state index in [9.17, 15) is 9.59 Å². The second-order valence-electron chi connectivity index (χ2n) is 5.44. The second kappa shape index (κ2) is 6.74. The summed E-state index contributed by atoms with van der Waals surface area (Å²) in [6.07, 6.45) is -0.343. The van der Waals surface area contributed by atoms with Crippen LogP contribution in [-0.4, -0.2) is 23.6 Å². The van der Waals surface area contributed by atoms with Crippen molar-refractivity contribution in [1.82, 2.24) is 5.32 Å². The first kappa shape index (κ1) is 16.5. The Hall–Kier alpha value is -1.56. The van der Waals surface area contributed by atoms with Crippen molar-refractivity contribution in [3.05, 3.63) is 34.3 Å². The molecule has 3 N–H and O–H groups in total. The smallest absolute Gasteiger partial charge is 0.408 e. The minimum atomic E-state index is -0.806. The highest BCUT2D eigenvalue weighted by molar-refractivity contribution is 9.10. The van der Waals surface area contributed by atoms with E-state index in [1.807, 2.05) is 24.3 Å². The van der Waals surface area contributed by atoms with Gasteiger partial charge in [-0.15, -0.1) is 0 Å². The van der Waals surface area contributed by atoms with E-state index in [2.05, 4.69) is 21.2 Å². The summed E-state index contributed by atoms with van der Waals surface area (Å²) >= 11 is 3.35. The lowest BCUT2D eigenvalue weighted by molar-refractivity contribution is -0.120. The molecule has 1 aromatic rings. The number of benzene rings is 1. The second-order valence-corrected chi connectivity index (χ2v) is 6.35. The van der Waals surface area contributed by atoms with Crippen molar-refractivity contribution in [3.8, 4) is 0 Å². The number of nitrogens with two attached hydrogens (primary N) is 1. The number of ether oxygens (including phenoxy) is 1. The highest BCUT2D eigenvalue weighted by Gasteiger charge is 2.22. The number of hydrogen-bond donors (Lipinski definition) is 2. The predicted molar refractivity (Wildman–Crippen MR) is 80.2 cm³/mol. The van der Waals surface area contributed by atoms with E-state index in [1.165, 1.54) is 0 Å². The third-order valence-corrected chi connectivity index (χ3v) is 2.86. The summed E-state index contributed by atoms with van der Waals surface area (Å²) in [5.41, 5.74) is 5.58. The van der Waals surface area contributed by atoms with E-state index in [1.54, 1.807) is 20.8 Å². The molecule has 0 bridgehead atoms. The fraction of sp³-hybridized carbons (Fsp3) is 0.429. The van der Waals surface area contributed by atoms with Gasteiger partial charge in [-0.3, -0.25) is 4.79 Å². The zero-order chi connectivity index (χ0) is 15.3. The quantitative estimate of drug-likeness (QED) is 0.881. The van der Waals surface area contributed by atoms with Crippen LogP contribution in [0.3, 0.4) is 0 Å². The van der Waals surface area contributed by atoms with Crippen molar-refractivity contribution in [2.24, 2.45) is 5.73 Å². The number of rotatable bonds is 4. The van der Waals surface area contributed by atoms with Gasteiger partial charge in [-0.05, 0) is 38.5 Å². The Kier molecular flexibility index (Phi) is 5.56. The summed E-state index contributed by atoms with van der Waals surface area (Å²) in [5.74, 6) is -0.601. The average Bonchev–Trinajstić information content (AvgIpc) is 2.25. The molecule has 5 nitrogen and oxygen atoms in total. The first-order valence-corrected chi connectivity index (χ1v) is 7.00. The summed E-state index contributed by atoms with van der Waals surface area (Å²) in [4.78, 5) is 23.1. The largest absolute Gasteiger partial charge is 0.444 e. The first-order valence-electron chi connectivity index (χ1n) is 6.20. The number of carbonyl (C=O) groups excluding carboxylic acids is 2. The molecule has 0 fully saturated rings. The van der Waals surface area contributed by atoms with Crippen molar-refractivity contribution in [1.29, 1.82) is 0 Å². The molecule has 1 atom stereocenters. The van der Waals surface area contributed by atoms with Crippen LogP contribution in [0.15, 0.2) is 28.7 Å². The van der Waals surface area contributed by atoms with Crippen molar-refractivity contribution >= 4 is 27.9 Å². The molecule has 0 aliphatic heterocycles. The van der Waals surface area contributed by atoms with E-state index >= 15 is 0 Å². The van der Waals surface area contributed by atoms with Crippen LogP contribution in [0.2, 0.25) is 0 Å². The summed E-state index contributed by atoms with van der Waals surface area (Å²) in [5, 5.41) is 2.49. The molecule has 0 saturated carbocycles. The van der Waals surface area contributed by atoms with Gasteiger partial charge in [0.2, 0.25) is 5.91 Å². The number of carbonyl (C=O) groups is 2. The van der Waals surface area contributed by atoms with Gasteiger partial charge >= 0.3 is 6.09 Å². The summed E-state index contributed by atoms with van der Waals surface area (Å²) in [6.45, 7) is 5.25. The van der Waals surface area contributed by atoms with E-state index in [0.29, 0.717) is 6.42 Å². The Labute approximate surface area is 127 Å². The van der Waals surface area contributed by atoms with Gasteiger partial charge in [-0.2, -0.15) is 0 Å². The third-order valence-electron chi connectivity index (χ3n) is 2.36. The van der Waals surface area contributed by atoms with Gasteiger partial charge in [0.05, 0.1) is 0 Å². The van der Waals surface area contributed by atoms with Crippen LogP contribution in [0.5, 0.6) is 0 Å². The molecule has 0 radical (unpaired) electrons. The number of halogens is 1. The maximum absolute atomic E-state index is 11.7. The van der Waals surface area contributed by atoms with Gasteiger partial charge in [0.1, 0.15) is 11.6 Å². The molecular weight excluding hydrogens is 324 g/mol. The number of alkyl carbamates (subject to hydrolysis) is 1. The van der Waals surface area contributed by atoms with Gasteiger partial charge in [-0.1, -0.05) is 28.1 Å². The van der Waals surface area contributed by atoms with E-state index < -0.39 is 23.6 Å². The van der Waals surface area contributed by atoms with Crippen molar-refractivity contribution in [3.63, 3.8) is 0 Å². The van der Waals surface area contributed by atoms with Crippen LogP contribution in [0, 0.1) is 0 Å². The molecule has 0 aliphatic rings. The van der Waals surface area contributed by atoms with Crippen LogP contribution >= 0.6 is 15.9 Å². The van der Waals surface area contributed by atoms with Crippen LogP contribution < -0.4 is 11.1 Å². The fourth-order valence-corrected chi connectivity index (χ4v) is 2.02. The van der Waals surface area contributed by atoms with Crippen LogP contribution in [-0.2, 0) is 16.0 Å². The Morgan fingerprint density at radius 1 is 1.40 bits per heavy atom. The number of hydrogen-bond acceptors (Lipinski definition) is 3. The van der Waals surface area contributed by atoms with Crippen molar-refractivity contribution in [2.75, 3.05) is 0 Å². The van der Waals surface area contributed by atoms with Gasteiger partial charge in [0, 0.05) is 10.9 Å². The molecule has 0 spiro atoms. The molecule has 0 aromatic heterocycles. The van der Waals surface area contributed by atoms with Gasteiger partial charge in [-0.25, -0.2) is 4.79 Å². The monoisotopic (exact) mass is 342 g/mol. The maximum Gasteiger partial charge on any atom is 0.408 e. The Morgan fingerprint density at radius 2 is 2.05 bits per heavy atom. The molecule has 110 valence electrons. The lowest BCUT2D eigenvalue weighted by atomic mass is 10.1. The molecule has 0 aliphatic carbocycles. The number of amides is 2. The molecule has 2 amide bonds. The normalized spacial score (nSPS) is 12.6. The van der Waals surface area contributed by atoms with E-state index in [0.717, 1.165) is 10.0 Å². The highest BCUT2D eigenvalue weighted by atomic mass is 79.9. The van der Waals surface area contributed by atoms with Crippen LogP contribution in [0.4, 0.5) is 4.79 Å². The number of primary amides is 1. The van der Waals surface area contributed by atoms with Gasteiger partial charge in [0.25, 0.3) is 0 Å². The highest BCUT2D eigenvalue weighted by Crippen LogP contribution is 2.13. The lowest BCUT2D eigenvalue weighted by Crippen LogP contribution is -2.47. The summed E-state index contributed by atoms with van der Waals surface area (Å²) in [6, 6.07) is 6.65. The lowest BCUT2D eigenvalue weighted by Gasteiger charge is -2.22. The molecule has 6 heteroatoms.